The van der Waals surface area contributed by atoms with Gasteiger partial charge in [-0.15, -0.1) is 0 Å². The van der Waals surface area contributed by atoms with Gasteiger partial charge in [-0.25, -0.2) is 6.57 Å². The molecule has 2 rings (SSSR count). The fraction of sp³-hybridized carbons (Fsp3) is 0.923. The average molecular weight is 223 g/mol. The fourth-order valence-electron chi connectivity index (χ4n) is 2.76. The smallest absolute Gasteiger partial charge is 0.223 e. The summed E-state index contributed by atoms with van der Waals surface area (Å²) in [6, 6.07) is 0.244. The number of hydrogen-bond acceptors (Lipinski definition) is 2. The second-order valence-electron chi connectivity index (χ2n) is 5.13. The van der Waals surface area contributed by atoms with Gasteiger partial charge in [0.2, 0.25) is 6.04 Å². The first-order valence-electron chi connectivity index (χ1n) is 6.48. The first-order valence-corrected chi connectivity index (χ1v) is 6.48. The molecule has 90 valence electrons. The van der Waals surface area contributed by atoms with Crippen molar-refractivity contribution in [2.45, 2.75) is 75.7 Å². The van der Waals surface area contributed by atoms with Gasteiger partial charge in [0.25, 0.3) is 0 Å². The third kappa shape index (κ3) is 3.20. The highest BCUT2D eigenvalue weighted by molar-refractivity contribution is 4.85. The van der Waals surface area contributed by atoms with Gasteiger partial charge in [0, 0.05) is 12.8 Å². The van der Waals surface area contributed by atoms with E-state index in [-0.39, 0.29) is 12.1 Å². The van der Waals surface area contributed by atoms with Crippen molar-refractivity contribution >= 4 is 0 Å². The molecular weight excluding hydrogens is 202 g/mol. The van der Waals surface area contributed by atoms with Crippen LogP contribution in [0, 0.1) is 6.57 Å². The Kier molecular flexibility index (Phi) is 4.20. The normalized spacial score (nSPS) is 40.2. The zero-order valence-electron chi connectivity index (χ0n) is 9.77. The minimum atomic E-state index is -0.0994. The van der Waals surface area contributed by atoms with Crippen LogP contribution in [0.2, 0.25) is 0 Å². The van der Waals surface area contributed by atoms with Crippen LogP contribution in [0.4, 0.5) is 0 Å². The van der Waals surface area contributed by atoms with Crippen molar-refractivity contribution in [1.82, 2.24) is 0 Å². The van der Waals surface area contributed by atoms with Crippen molar-refractivity contribution < 1.29 is 9.84 Å². The minimum Gasteiger partial charge on any atom is -0.393 e. The van der Waals surface area contributed by atoms with Crippen LogP contribution in [-0.2, 0) is 4.74 Å². The molecule has 0 saturated heterocycles. The molecule has 2 aliphatic rings. The minimum absolute atomic E-state index is 0.0994. The molecule has 0 aromatic rings. The van der Waals surface area contributed by atoms with E-state index in [1.807, 2.05) is 0 Å². The summed E-state index contributed by atoms with van der Waals surface area (Å²) in [5, 5.41) is 9.41. The van der Waals surface area contributed by atoms with E-state index >= 15 is 0 Å². The average Bonchev–Trinajstić information content (AvgIpc) is 2.33. The van der Waals surface area contributed by atoms with Crippen LogP contribution in [-0.4, -0.2) is 29.5 Å². The number of rotatable bonds is 2. The molecule has 0 aromatic heterocycles. The molecule has 0 aliphatic heterocycles. The van der Waals surface area contributed by atoms with Gasteiger partial charge in [0.1, 0.15) is 0 Å². The fourth-order valence-corrected chi connectivity index (χ4v) is 2.76. The number of aliphatic hydroxyl groups is 1. The highest BCUT2D eigenvalue weighted by Gasteiger charge is 2.28. The lowest BCUT2D eigenvalue weighted by Gasteiger charge is -2.31. The molecule has 0 amide bonds. The molecule has 2 fully saturated rings. The zero-order chi connectivity index (χ0) is 11.4. The molecule has 3 heteroatoms. The summed E-state index contributed by atoms with van der Waals surface area (Å²) in [6.07, 6.45) is 8.53. The summed E-state index contributed by atoms with van der Waals surface area (Å²) < 4.78 is 6.06. The van der Waals surface area contributed by atoms with Crippen LogP contribution in [0.15, 0.2) is 0 Å². The molecule has 0 atom stereocenters. The second kappa shape index (κ2) is 5.65. The van der Waals surface area contributed by atoms with E-state index < -0.39 is 0 Å². The van der Waals surface area contributed by atoms with Crippen LogP contribution < -0.4 is 0 Å². The molecule has 1 N–H and O–H groups in total. The first-order chi connectivity index (χ1) is 7.78. The SMILES string of the molecule is [C-]#[N+]C1CCC(OC2CCC(O)CC2)CC1. The maximum Gasteiger partial charge on any atom is 0.223 e. The molecule has 0 radical (unpaired) electrons. The molecule has 16 heavy (non-hydrogen) atoms. The van der Waals surface area contributed by atoms with E-state index in [4.69, 9.17) is 11.3 Å². The van der Waals surface area contributed by atoms with E-state index in [2.05, 4.69) is 4.85 Å². The summed E-state index contributed by atoms with van der Waals surface area (Å²) in [5.74, 6) is 0. The van der Waals surface area contributed by atoms with E-state index in [1.165, 1.54) is 0 Å². The Morgan fingerprint density at radius 2 is 1.38 bits per heavy atom. The molecule has 0 heterocycles. The van der Waals surface area contributed by atoms with Gasteiger partial charge in [0.05, 0.1) is 18.3 Å². The highest BCUT2D eigenvalue weighted by atomic mass is 16.5. The zero-order valence-corrected chi connectivity index (χ0v) is 9.77. The van der Waals surface area contributed by atoms with Gasteiger partial charge in [0.15, 0.2) is 0 Å². The monoisotopic (exact) mass is 223 g/mol. The van der Waals surface area contributed by atoms with Gasteiger partial charge < -0.3 is 14.7 Å². The Labute approximate surface area is 97.6 Å². The number of hydrogen-bond donors (Lipinski definition) is 1. The van der Waals surface area contributed by atoms with Gasteiger partial charge in [-0.3, -0.25) is 0 Å². The Morgan fingerprint density at radius 3 is 1.88 bits per heavy atom. The molecule has 3 nitrogen and oxygen atoms in total. The van der Waals surface area contributed by atoms with Crippen molar-refractivity contribution in [3.05, 3.63) is 11.4 Å². The third-order valence-corrected chi connectivity index (χ3v) is 3.85. The van der Waals surface area contributed by atoms with Crippen molar-refractivity contribution in [1.29, 1.82) is 0 Å². The van der Waals surface area contributed by atoms with E-state index in [9.17, 15) is 5.11 Å². The second-order valence-corrected chi connectivity index (χ2v) is 5.13. The molecule has 0 bridgehead atoms. The summed E-state index contributed by atoms with van der Waals surface area (Å²) >= 11 is 0. The third-order valence-electron chi connectivity index (χ3n) is 3.85. The van der Waals surface area contributed by atoms with E-state index in [0.717, 1.165) is 51.4 Å². The molecule has 0 spiro atoms. The van der Waals surface area contributed by atoms with E-state index in [0.29, 0.717) is 12.2 Å². The molecule has 2 aliphatic carbocycles. The molecule has 0 aromatic carbocycles. The lowest BCUT2D eigenvalue weighted by atomic mass is 9.91. The molecule has 2 saturated carbocycles. The van der Waals surface area contributed by atoms with Crippen LogP contribution in [0.25, 0.3) is 4.85 Å². The van der Waals surface area contributed by atoms with Crippen LogP contribution in [0.5, 0.6) is 0 Å². The van der Waals surface area contributed by atoms with Crippen molar-refractivity contribution in [2.24, 2.45) is 0 Å². The Hall–Kier alpha value is -0.590. The Bertz CT molecular complexity index is 245. The lowest BCUT2D eigenvalue weighted by Crippen LogP contribution is -2.31. The highest BCUT2D eigenvalue weighted by Crippen LogP contribution is 2.28. The Balaban J connectivity index is 1.69. The van der Waals surface area contributed by atoms with Crippen molar-refractivity contribution in [3.8, 4) is 0 Å². The maximum absolute atomic E-state index is 9.41. The number of aliphatic hydroxyl groups excluding tert-OH is 1. The van der Waals surface area contributed by atoms with Gasteiger partial charge in [-0.1, -0.05) is 0 Å². The predicted molar refractivity (Wildman–Crippen MR) is 62.0 cm³/mol. The lowest BCUT2D eigenvalue weighted by molar-refractivity contribution is -0.0606. The van der Waals surface area contributed by atoms with Crippen LogP contribution >= 0.6 is 0 Å². The van der Waals surface area contributed by atoms with Gasteiger partial charge in [-0.05, 0) is 38.5 Å². The quantitative estimate of drug-likeness (QED) is 0.730. The number of nitrogens with zero attached hydrogens (tertiary/aromatic N) is 1. The Morgan fingerprint density at radius 1 is 0.875 bits per heavy atom. The molecular formula is C13H21NO2. The predicted octanol–water partition coefficient (Wildman–Crippen LogP) is 2.54. The topological polar surface area (TPSA) is 33.8 Å². The van der Waals surface area contributed by atoms with Gasteiger partial charge >= 0.3 is 0 Å². The van der Waals surface area contributed by atoms with Crippen molar-refractivity contribution in [3.63, 3.8) is 0 Å². The van der Waals surface area contributed by atoms with Crippen LogP contribution in [0.1, 0.15) is 51.4 Å². The van der Waals surface area contributed by atoms with Crippen molar-refractivity contribution in [2.75, 3.05) is 0 Å². The molecule has 0 unspecified atom stereocenters. The van der Waals surface area contributed by atoms with E-state index in [1.54, 1.807) is 0 Å². The largest absolute Gasteiger partial charge is 0.393 e. The summed E-state index contributed by atoms with van der Waals surface area (Å²) in [4.78, 5) is 3.60. The number of ether oxygens (including phenoxy) is 1. The summed E-state index contributed by atoms with van der Waals surface area (Å²) in [7, 11) is 0. The summed E-state index contributed by atoms with van der Waals surface area (Å²) in [6.45, 7) is 6.99. The van der Waals surface area contributed by atoms with Gasteiger partial charge in [-0.2, -0.15) is 0 Å². The maximum atomic E-state index is 9.41. The van der Waals surface area contributed by atoms with Crippen LogP contribution in [0.3, 0.4) is 0 Å². The summed E-state index contributed by atoms with van der Waals surface area (Å²) in [5.41, 5.74) is 0. The standard InChI is InChI=1S/C13H21NO2/c1-14-10-2-6-12(7-3-10)16-13-8-4-11(15)5-9-13/h10-13,15H,2-9H2. The first kappa shape index (κ1) is 11.9.